The molecule has 1 aliphatic rings. The number of amides is 1. The predicted octanol–water partition coefficient (Wildman–Crippen LogP) is 2.12. The van der Waals surface area contributed by atoms with Crippen molar-refractivity contribution < 1.29 is 33.8 Å². The molecule has 12 heteroatoms. The number of aliphatic carboxylic acids is 1. The van der Waals surface area contributed by atoms with Crippen molar-refractivity contribution in [1.29, 1.82) is 0 Å². The molecule has 0 bridgehead atoms. The molecule has 0 aromatic carbocycles. The second-order valence-corrected chi connectivity index (χ2v) is 14.8. The monoisotopic (exact) mass is 613 g/mol. The van der Waals surface area contributed by atoms with E-state index in [9.17, 15) is 19.2 Å². The molecule has 2 N–H and O–H groups in total. The van der Waals surface area contributed by atoms with Gasteiger partial charge in [-0.15, -0.1) is 0 Å². The number of carbonyl (C=O) groups excluding carboxylic acids is 3. The fraction of sp³-hybridized carbons (Fsp3) is 0.871. The second-order valence-electron chi connectivity index (χ2n) is 14.8. The predicted molar refractivity (Wildman–Crippen MR) is 166 cm³/mol. The average Bonchev–Trinajstić information content (AvgIpc) is 2.84. The van der Waals surface area contributed by atoms with E-state index in [1.807, 2.05) is 51.3 Å². The molecule has 250 valence electrons. The standard InChI is InChI=1S/C31H59N5O7/c1-24(27(40)32-21-25(37)38)36-19-17-33(12-11-29(2,3)4)13-15-35(23-42-28(41)30(5,6)7)16-14-34(18-20-36)22-26(39)43-31(8,9)10/h24H,11-23H2,1-10H3,(H,32,40)(H,37,38). The topological polar surface area (TPSA) is 132 Å². The van der Waals surface area contributed by atoms with E-state index in [1.165, 1.54) is 0 Å². The molecule has 1 fully saturated rings. The zero-order valence-corrected chi connectivity index (χ0v) is 28.5. The van der Waals surface area contributed by atoms with E-state index in [0.29, 0.717) is 45.8 Å². The maximum absolute atomic E-state index is 12.9. The van der Waals surface area contributed by atoms with Crippen LogP contribution in [0.5, 0.6) is 0 Å². The molecular weight excluding hydrogens is 554 g/mol. The molecular formula is C31H59N5O7. The third kappa shape index (κ3) is 17.6. The highest BCUT2D eigenvalue weighted by Crippen LogP contribution is 2.19. The highest BCUT2D eigenvalue weighted by atomic mass is 16.6. The molecule has 0 aromatic rings. The smallest absolute Gasteiger partial charge is 0.322 e. The first-order chi connectivity index (χ1) is 19.7. The minimum absolute atomic E-state index is 0.0814. The maximum Gasteiger partial charge on any atom is 0.322 e. The largest absolute Gasteiger partial charge is 0.480 e. The van der Waals surface area contributed by atoms with Crippen molar-refractivity contribution in [3.05, 3.63) is 0 Å². The Hall–Kier alpha value is -2.28. The lowest BCUT2D eigenvalue weighted by Gasteiger charge is -2.36. The van der Waals surface area contributed by atoms with Crippen LogP contribution in [0.3, 0.4) is 0 Å². The van der Waals surface area contributed by atoms with E-state index in [2.05, 4.69) is 35.9 Å². The molecule has 1 saturated heterocycles. The van der Waals surface area contributed by atoms with Crippen LogP contribution in [0, 0.1) is 10.8 Å². The van der Waals surface area contributed by atoms with Gasteiger partial charge in [0.25, 0.3) is 0 Å². The van der Waals surface area contributed by atoms with E-state index in [1.54, 1.807) is 6.92 Å². The zero-order chi connectivity index (χ0) is 33.0. The van der Waals surface area contributed by atoms with Crippen molar-refractivity contribution in [3.8, 4) is 0 Å². The van der Waals surface area contributed by atoms with Gasteiger partial charge in [-0.2, -0.15) is 0 Å². The van der Waals surface area contributed by atoms with Crippen LogP contribution in [0.4, 0.5) is 0 Å². The van der Waals surface area contributed by atoms with Gasteiger partial charge in [0.1, 0.15) is 18.9 Å². The summed E-state index contributed by atoms with van der Waals surface area (Å²) in [6.45, 7) is 24.9. The number of hydrogen-bond acceptors (Lipinski definition) is 10. The quantitative estimate of drug-likeness (QED) is 0.351. The van der Waals surface area contributed by atoms with Gasteiger partial charge in [-0.1, -0.05) is 20.8 Å². The fourth-order valence-corrected chi connectivity index (χ4v) is 4.34. The summed E-state index contributed by atoms with van der Waals surface area (Å²) >= 11 is 0. The lowest BCUT2D eigenvalue weighted by molar-refractivity contribution is -0.158. The van der Waals surface area contributed by atoms with Gasteiger partial charge in [-0.3, -0.25) is 33.9 Å². The highest BCUT2D eigenvalue weighted by Gasteiger charge is 2.27. The molecule has 0 spiro atoms. The van der Waals surface area contributed by atoms with Gasteiger partial charge < -0.3 is 24.8 Å². The van der Waals surface area contributed by atoms with Crippen LogP contribution in [-0.4, -0.2) is 139 Å². The molecule has 0 radical (unpaired) electrons. The number of ether oxygens (including phenoxy) is 2. The van der Waals surface area contributed by atoms with Crippen LogP contribution in [-0.2, 0) is 28.7 Å². The number of carbonyl (C=O) groups is 4. The molecule has 1 heterocycles. The first-order valence-corrected chi connectivity index (χ1v) is 15.5. The first kappa shape index (κ1) is 38.7. The Morgan fingerprint density at radius 2 is 1.30 bits per heavy atom. The van der Waals surface area contributed by atoms with E-state index < -0.39 is 29.6 Å². The van der Waals surface area contributed by atoms with Gasteiger partial charge in [0.15, 0.2) is 0 Å². The number of esters is 2. The number of nitrogens with one attached hydrogen (secondary N) is 1. The summed E-state index contributed by atoms with van der Waals surface area (Å²) in [5.74, 6) is -2.04. The SMILES string of the molecule is CC(C(=O)NCC(=O)O)N1CCN(CCC(C)(C)C)CCN(COC(=O)C(C)(C)C)CCN(CC(=O)OC(C)(C)C)CC1. The van der Waals surface area contributed by atoms with E-state index in [-0.39, 0.29) is 36.5 Å². The minimum atomic E-state index is -1.09. The Kier molecular flexibility index (Phi) is 15.6. The molecule has 0 aliphatic carbocycles. The summed E-state index contributed by atoms with van der Waals surface area (Å²) in [6.07, 6.45) is 0.990. The summed E-state index contributed by atoms with van der Waals surface area (Å²) < 4.78 is 11.3. The van der Waals surface area contributed by atoms with Crippen LogP contribution in [0.15, 0.2) is 0 Å². The Morgan fingerprint density at radius 1 is 0.791 bits per heavy atom. The molecule has 0 saturated carbocycles. The maximum atomic E-state index is 12.9. The van der Waals surface area contributed by atoms with Crippen molar-refractivity contribution in [1.82, 2.24) is 24.9 Å². The third-order valence-electron chi connectivity index (χ3n) is 7.15. The van der Waals surface area contributed by atoms with Crippen LogP contribution in [0.2, 0.25) is 0 Å². The molecule has 1 amide bonds. The molecule has 1 aliphatic heterocycles. The highest BCUT2D eigenvalue weighted by molar-refractivity contribution is 5.84. The van der Waals surface area contributed by atoms with Gasteiger partial charge in [-0.05, 0) is 66.8 Å². The van der Waals surface area contributed by atoms with Crippen molar-refractivity contribution >= 4 is 23.8 Å². The van der Waals surface area contributed by atoms with Crippen molar-refractivity contribution in [2.75, 3.05) is 78.7 Å². The van der Waals surface area contributed by atoms with Crippen LogP contribution in [0.1, 0.15) is 75.7 Å². The van der Waals surface area contributed by atoms with Gasteiger partial charge in [0, 0.05) is 52.4 Å². The van der Waals surface area contributed by atoms with E-state index in [0.717, 1.165) is 19.5 Å². The lowest BCUT2D eigenvalue weighted by Crippen LogP contribution is -2.53. The Balaban J connectivity index is 3.21. The number of nitrogens with zero attached hydrogens (tertiary/aromatic N) is 4. The van der Waals surface area contributed by atoms with Gasteiger partial charge in [-0.25, -0.2) is 0 Å². The normalized spacial score (nSPS) is 18.7. The van der Waals surface area contributed by atoms with Crippen LogP contribution in [0.25, 0.3) is 0 Å². The van der Waals surface area contributed by atoms with Crippen molar-refractivity contribution in [3.63, 3.8) is 0 Å². The molecule has 12 nitrogen and oxygen atoms in total. The van der Waals surface area contributed by atoms with Crippen LogP contribution < -0.4 is 5.32 Å². The van der Waals surface area contributed by atoms with E-state index >= 15 is 0 Å². The summed E-state index contributed by atoms with van der Waals surface area (Å²) in [7, 11) is 0. The molecule has 1 rings (SSSR count). The summed E-state index contributed by atoms with van der Waals surface area (Å²) in [5, 5.41) is 11.5. The summed E-state index contributed by atoms with van der Waals surface area (Å²) in [6, 6.07) is -0.552. The van der Waals surface area contributed by atoms with Gasteiger partial charge in [0.2, 0.25) is 5.91 Å². The summed E-state index contributed by atoms with van der Waals surface area (Å²) in [4.78, 5) is 57.8. The third-order valence-corrected chi connectivity index (χ3v) is 7.15. The number of hydrogen-bond donors (Lipinski definition) is 2. The fourth-order valence-electron chi connectivity index (χ4n) is 4.34. The molecule has 1 atom stereocenters. The molecule has 43 heavy (non-hydrogen) atoms. The Labute approximate surface area is 259 Å². The lowest BCUT2D eigenvalue weighted by atomic mass is 9.92. The minimum Gasteiger partial charge on any atom is -0.480 e. The van der Waals surface area contributed by atoms with Gasteiger partial charge in [0.05, 0.1) is 18.0 Å². The zero-order valence-electron chi connectivity index (χ0n) is 28.5. The first-order valence-electron chi connectivity index (χ1n) is 15.5. The molecule has 1 unspecified atom stereocenters. The average molecular weight is 614 g/mol. The molecule has 0 aromatic heterocycles. The Morgan fingerprint density at radius 3 is 1.81 bits per heavy atom. The van der Waals surface area contributed by atoms with E-state index in [4.69, 9.17) is 14.6 Å². The number of carboxylic acids is 1. The number of rotatable bonds is 10. The number of carboxylic acid groups (broad SMARTS) is 1. The van der Waals surface area contributed by atoms with Crippen molar-refractivity contribution in [2.45, 2.75) is 87.3 Å². The van der Waals surface area contributed by atoms with Gasteiger partial charge >= 0.3 is 17.9 Å². The second kappa shape index (κ2) is 17.3. The van der Waals surface area contributed by atoms with Crippen molar-refractivity contribution in [2.24, 2.45) is 10.8 Å². The van der Waals surface area contributed by atoms with Crippen LogP contribution >= 0.6 is 0 Å². The summed E-state index contributed by atoms with van der Waals surface area (Å²) in [5.41, 5.74) is -1.07. The Bertz CT molecular complexity index is 908.